The minimum atomic E-state index is -0.146. The predicted octanol–water partition coefficient (Wildman–Crippen LogP) is 4.24. The zero-order valence-electron chi connectivity index (χ0n) is 22.1. The van der Waals surface area contributed by atoms with Gasteiger partial charge >= 0.3 is 0 Å². The van der Waals surface area contributed by atoms with E-state index in [9.17, 15) is 4.79 Å². The first-order chi connectivity index (χ1) is 19.7. The molecule has 0 bridgehead atoms. The summed E-state index contributed by atoms with van der Waals surface area (Å²) in [6.45, 7) is 3.19. The summed E-state index contributed by atoms with van der Waals surface area (Å²) in [6, 6.07) is 10.2. The second-order valence-corrected chi connectivity index (χ2v) is 10.4. The molecule has 4 aromatic rings. The molecule has 0 radical (unpaired) electrons. The minimum absolute atomic E-state index is 0.112. The Bertz CT molecular complexity index is 1650. The lowest BCUT2D eigenvalue weighted by atomic mass is 9.92. The van der Waals surface area contributed by atoms with Crippen LogP contribution in [0, 0.1) is 0 Å². The molecule has 202 valence electrons. The monoisotopic (exact) mass is 534 g/mol. The predicted molar refractivity (Wildman–Crippen MR) is 155 cm³/mol. The number of piperidine rings is 1. The fourth-order valence-electron chi connectivity index (χ4n) is 5.67. The maximum atomic E-state index is 13.9. The molecule has 0 saturated carbocycles. The van der Waals surface area contributed by atoms with Gasteiger partial charge in [0.15, 0.2) is 5.82 Å². The molecular formula is C30H30N8O2. The minimum Gasteiger partial charge on any atom is -0.379 e. The number of benzene rings is 1. The Kier molecular flexibility index (Phi) is 6.62. The highest BCUT2D eigenvalue weighted by Crippen LogP contribution is 2.28. The van der Waals surface area contributed by atoms with Crippen molar-refractivity contribution in [2.45, 2.75) is 37.6 Å². The lowest BCUT2D eigenvalue weighted by Crippen LogP contribution is -2.28. The zero-order chi connectivity index (χ0) is 26.9. The Morgan fingerprint density at radius 1 is 1.05 bits per heavy atom. The Labute approximate surface area is 231 Å². The first kappa shape index (κ1) is 24.7. The average molecular weight is 535 g/mol. The van der Waals surface area contributed by atoms with Gasteiger partial charge in [-0.25, -0.2) is 15.0 Å². The van der Waals surface area contributed by atoms with Crippen molar-refractivity contribution >= 4 is 34.6 Å². The number of nitrogens with one attached hydrogen (secondary N) is 2. The smallest absolute Gasteiger partial charge is 0.260 e. The molecule has 2 atom stereocenters. The molecule has 0 amide bonds. The normalized spacial score (nSPS) is 20.6. The van der Waals surface area contributed by atoms with Gasteiger partial charge in [-0.05, 0) is 61.6 Å². The van der Waals surface area contributed by atoms with E-state index < -0.39 is 0 Å². The van der Waals surface area contributed by atoms with Crippen LogP contribution in [0.15, 0.2) is 64.8 Å². The molecule has 3 aliphatic heterocycles. The van der Waals surface area contributed by atoms with E-state index in [0.29, 0.717) is 47.7 Å². The molecule has 0 aliphatic carbocycles. The third-order valence-corrected chi connectivity index (χ3v) is 7.82. The number of aromatic nitrogens is 5. The van der Waals surface area contributed by atoms with E-state index in [2.05, 4.69) is 54.8 Å². The number of anilines is 2. The van der Waals surface area contributed by atoms with E-state index in [1.165, 1.54) is 18.4 Å². The molecule has 10 nitrogen and oxygen atoms in total. The number of ether oxygens (including phenoxy) is 1. The van der Waals surface area contributed by atoms with Crippen LogP contribution in [0.25, 0.3) is 27.9 Å². The van der Waals surface area contributed by atoms with Crippen molar-refractivity contribution in [3.8, 4) is 11.1 Å². The van der Waals surface area contributed by atoms with Gasteiger partial charge in [-0.15, -0.1) is 0 Å². The summed E-state index contributed by atoms with van der Waals surface area (Å²) in [5, 5.41) is 7.56. The number of nitrogens with zero attached hydrogens (tertiary/aromatic N) is 6. The number of pyridine rings is 1. The Morgan fingerprint density at radius 2 is 1.93 bits per heavy atom. The molecule has 3 aromatic heterocycles. The summed E-state index contributed by atoms with van der Waals surface area (Å²) in [4.78, 5) is 36.5. The summed E-state index contributed by atoms with van der Waals surface area (Å²) in [6.07, 6.45) is 12.9. The van der Waals surface area contributed by atoms with Gasteiger partial charge in [0.05, 0.1) is 18.2 Å². The molecule has 40 heavy (non-hydrogen) atoms. The van der Waals surface area contributed by atoms with Crippen LogP contribution in [-0.4, -0.2) is 57.0 Å². The molecule has 1 aromatic carbocycles. The third kappa shape index (κ3) is 4.80. The molecule has 7 rings (SSSR count). The fraction of sp³-hybridized carbons (Fsp3) is 0.333. The van der Waals surface area contributed by atoms with Gasteiger partial charge in [0, 0.05) is 61.0 Å². The topological polar surface area (TPSA) is 119 Å². The first-order valence-corrected chi connectivity index (χ1v) is 13.9. The second-order valence-electron chi connectivity index (χ2n) is 10.4. The van der Waals surface area contributed by atoms with Crippen LogP contribution >= 0.6 is 0 Å². The standard InChI is InChI=1S/C30H30N8O2/c39-29-25(22-16-33-27(34-17-22)26-4-2-11-32-26)13-21-15-35-30(37-28(21)38(29)24-9-12-40-18-24)36-23-7-5-19(6-8-23)20-3-1-10-31-14-20/h4-8,11,13,15-17,20,24,31H,1-3,9-10,12,14,18H2,(H,35,36,37). The summed E-state index contributed by atoms with van der Waals surface area (Å²) < 4.78 is 7.40. The van der Waals surface area contributed by atoms with E-state index in [1.54, 1.807) is 23.2 Å². The highest BCUT2D eigenvalue weighted by Gasteiger charge is 2.24. The molecular weight excluding hydrogens is 504 g/mol. The highest BCUT2D eigenvalue weighted by atomic mass is 16.5. The van der Waals surface area contributed by atoms with Crippen LogP contribution in [0.1, 0.15) is 49.0 Å². The van der Waals surface area contributed by atoms with Crippen LogP contribution in [0.4, 0.5) is 11.6 Å². The van der Waals surface area contributed by atoms with Crippen LogP contribution in [0.3, 0.4) is 0 Å². The quantitative estimate of drug-likeness (QED) is 0.377. The van der Waals surface area contributed by atoms with E-state index >= 15 is 0 Å². The van der Waals surface area contributed by atoms with Crippen molar-refractivity contribution < 1.29 is 4.74 Å². The number of aliphatic imine (C=N–C) groups is 1. The molecule has 2 unspecified atom stereocenters. The zero-order valence-corrected chi connectivity index (χ0v) is 22.1. The molecule has 6 heterocycles. The maximum absolute atomic E-state index is 13.9. The molecule has 0 spiro atoms. The lowest BCUT2D eigenvalue weighted by Gasteiger charge is -2.23. The molecule has 2 N–H and O–H groups in total. The molecule has 10 heteroatoms. The molecule has 3 aliphatic rings. The van der Waals surface area contributed by atoms with E-state index in [0.717, 1.165) is 42.7 Å². The molecule has 2 saturated heterocycles. The number of hydrogen-bond acceptors (Lipinski definition) is 9. The van der Waals surface area contributed by atoms with E-state index in [4.69, 9.17) is 9.72 Å². The van der Waals surface area contributed by atoms with Gasteiger partial charge in [-0.3, -0.25) is 14.4 Å². The van der Waals surface area contributed by atoms with Crippen LogP contribution in [-0.2, 0) is 4.74 Å². The number of hydrogen-bond donors (Lipinski definition) is 2. The van der Waals surface area contributed by atoms with Crippen molar-refractivity contribution in [2.75, 3.05) is 31.6 Å². The first-order valence-electron chi connectivity index (χ1n) is 13.9. The van der Waals surface area contributed by atoms with Gasteiger partial charge in [0.1, 0.15) is 11.3 Å². The lowest BCUT2D eigenvalue weighted by molar-refractivity contribution is 0.186. The maximum Gasteiger partial charge on any atom is 0.260 e. The Morgan fingerprint density at radius 3 is 2.65 bits per heavy atom. The van der Waals surface area contributed by atoms with Crippen LogP contribution in [0.2, 0.25) is 0 Å². The van der Waals surface area contributed by atoms with Gasteiger partial charge in [-0.1, -0.05) is 12.1 Å². The van der Waals surface area contributed by atoms with Crippen LogP contribution in [0.5, 0.6) is 0 Å². The largest absolute Gasteiger partial charge is 0.379 e. The fourth-order valence-corrected chi connectivity index (χ4v) is 5.67. The SMILES string of the molecule is O=c1c(-c2cnc(C3=CCC=N3)nc2)cc2cnc(Nc3ccc(C4CCCNC4)cc3)nc2n1C1CCOC1. The van der Waals surface area contributed by atoms with E-state index in [1.807, 2.05) is 18.4 Å². The summed E-state index contributed by atoms with van der Waals surface area (Å²) in [7, 11) is 0. The Balaban J connectivity index is 1.22. The average Bonchev–Trinajstić information content (AvgIpc) is 3.74. The number of fused-ring (bicyclic) bond motifs is 1. The van der Waals surface area contributed by atoms with E-state index in [-0.39, 0.29) is 11.6 Å². The van der Waals surface area contributed by atoms with Crippen molar-refractivity contribution in [1.29, 1.82) is 0 Å². The van der Waals surface area contributed by atoms with Crippen molar-refractivity contribution in [3.05, 3.63) is 76.7 Å². The third-order valence-electron chi connectivity index (χ3n) is 7.82. The summed E-state index contributed by atoms with van der Waals surface area (Å²) in [5.74, 6) is 1.54. The van der Waals surface area contributed by atoms with Crippen molar-refractivity contribution in [2.24, 2.45) is 4.99 Å². The van der Waals surface area contributed by atoms with Crippen LogP contribution < -0.4 is 16.2 Å². The van der Waals surface area contributed by atoms with Gasteiger partial charge in [-0.2, -0.15) is 4.98 Å². The number of allylic oxidation sites excluding steroid dienone is 1. The van der Waals surface area contributed by atoms with Gasteiger partial charge in [0.25, 0.3) is 5.56 Å². The van der Waals surface area contributed by atoms with Gasteiger partial charge in [0.2, 0.25) is 5.95 Å². The second kappa shape index (κ2) is 10.7. The van der Waals surface area contributed by atoms with Crippen molar-refractivity contribution in [1.82, 2.24) is 29.8 Å². The van der Waals surface area contributed by atoms with Gasteiger partial charge < -0.3 is 15.4 Å². The number of rotatable bonds is 6. The highest BCUT2D eigenvalue weighted by molar-refractivity contribution is 5.82. The summed E-state index contributed by atoms with van der Waals surface area (Å²) in [5.41, 5.74) is 4.57. The molecule has 2 fully saturated rings. The van der Waals surface area contributed by atoms with Crippen molar-refractivity contribution in [3.63, 3.8) is 0 Å². The Hall–Kier alpha value is -4.28. The summed E-state index contributed by atoms with van der Waals surface area (Å²) >= 11 is 0.